The summed E-state index contributed by atoms with van der Waals surface area (Å²) in [6.07, 6.45) is 0. The molecule has 15 heavy (non-hydrogen) atoms. The fourth-order valence-corrected chi connectivity index (χ4v) is 1.31. The van der Waals surface area contributed by atoms with Gasteiger partial charge in [-0.05, 0) is 18.2 Å². The van der Waals surface area contributed by atoms with Gasteiger partial charge in [0, 0.05) is 11.6 Å². The fourth-order valence-electron chi connectivity index (χ4n) is 1.13. The summed E-state index contributed by atoms with van der Waals surface area (Å²) < 4.78 is 4.72. The first-order valence-electron chi connectivity index (χ1n) is 4.06. The number of aromatic nitrogens is 1. The van der Waals surface area contributed by atoms with Gasteiger partial charge in [0.15, 0.2) is 0 Å². The van der Waals surface area contributed by atoms with Crippen molar-refractivity contribution in [2.45, 2.75) is 0 Å². The maximum Gasteiger partial charge on any atom is 0.236 e. The van der Waals surface area contributed by atoms with E-state index < -0.39 is 0 Å². The number of aromatic hydroxyl groups is 1. The zero-order chi connectivity index (χ0) is 10.8. The molecule has 0 radical (unpaired) electrons. The highest BCUT2D eigenvalue weighted by Crippen LogP contribution is 2.28. The monoisotopic (exact) mass is 220 g/mol. The molecule has 74 valence electrons. The average Bonchev–Trinajstić information content (AvgIpc) is 2.70. The van der Waals surface area contributed by atoms with Crippen molar-refractivity contribution in [3.8, 4) is 23.1 Å². The predicted molar refractivity (Wildman–Crippen MR) is 53.3 cm³/mol. The lowest BCUT2D eigenvalue weighted by Crippen LogP contribution is -1.77. The molecule has 0 saturated carbocycles. The molecule has 0 unspecified atom stereocenters. The second-order valence-electron chi connectivity index (χ2n) is 2.85. The Balaban J connectivity index is 2.46. The molecule has 1 aromatic heterocycles. The van der Waals surface area contributed by atoms with Crippen LogP contribution in [0.2, 0.25) is 5.02 Å². The number of phenolic OH excluding ortho intramolecular Hbond substituents is 1. The molecule has 5 heteroatoms. The quantitative estimate of drug-likeness (QED) is 0.802. The Bertz CT molecular complexity index is 543. The van der Waals surface area contributed by atoms with Gasteiger partial charge in [0.05, 0.1) is 5.02 Å². The summed E-state index contributed by atoms with van der Waals surface area (Å²) in [6.45, 7) is 0. The van der Waals surface area contributed by atoms with E-state index >= 15 is 0 Å². The van der Waals surface area contributed by atoms with Crippen LogP contribution in [0, 0.1) is 11.3 Å². The number of hydrogen-bond donors (Lipinski definition) is 1. The molecule has 0 atom stereocenters. The van der Waals surface area contributed by atoms with Crippen LogP contribution >= 0.6 is 11.6 Å². The van der Waals surface area contributed by atoms with Crippen LogP contribution in [-0.4, -0.2) is 10.3 Å². The van der Waals surface area contributed by atoms with Crippen molar-refractivity contribution in [1.82, 2.24) is 5.16 Å². The lowest BCUT2D eigenvalue weighted by Gasteiger charge is -1.98. The molecule has 0 amide bonds. The van der Waals surface area contributed by atoms with Crippen LogP contribution in [0.5, 0.6) is 5.75 Å². The van der Waals surface area contributed by atoms with Crippen molar-refractivity contribution >= 4 is 11.6 Å². The first-order chi connectivity index (χ1) is 7.20. The lowest BCUT2D eigenvalue weighted by molar-refractivity contribution is 0.412. The Morgan fingerprint density at radius 3 is 2.80 bits per heavy atom. The van der Waals surface area contributed by atoms with Crippen molar-refractivity contribution < 1.29 is 9.63 Å². The molecule has 0 bridgehead atoms. The lowest BCUT2D eigenvalue weighted by atomic mass is 10.1. The van der Waals surface area contributed by atoms with Gasteiger partial charge >= 0.3 is 0 Å². The van der Waals surface area contributed by atoms with E-state index in [2.05, 4.69) is 5.16 Å². The summed E-state index contributed by atoms with van der Waals surface area (Å²) >= 11 is 5.73. The first-order valence-corrected chi connectivity index (χ1v) is 4.44. The molecule has 0 fully saturated rings. The zero-order valence-corrected chi connectivity index (χ0v) is 8.19. The molecular weight excluding hydrogens is 216 g/mol. The van der Waals surface area contributed by atoms with Gasteiger partial charge in [-0.1, -0.05) is 16.8 Å². The maximum absolute atomic E-state index is 9.21. The van der Waals surface area contributed by atoms with Crippen LogP contribution in [0.4, 0.5) is 0 Å². The summed E-state index contributed by atoms with van der Waals surface area (Å²) in [6, 6.07) is 7.98. The van der Waals surface area contributed by atoms with E-state index in [9.17, 15) is 5.11 Å². The molecular formula is C10H5ClN2O2. The van der Waals surface area contributed by atoms with Crippen LogP contribution in [0.1, 0.15) is 5.76 Å². The smallest absolute Gasteiger partial charge is 0.236 e. The number of hydrogen-bond acceptors (Lipinski definition) is 4. The molecule has 1 aromatic carbocycles. The molecule has 0 aliphatic rings. The van der Waals surface area contributed by atoms with Crippen LogP contribution in [0.15, 0.2) is 28.8 Å². The third-order valence-corrected chi connectivity index (χ3v) is 2.17. The molecule has 0 aliphatic heterocycles. The van der Waals surface area contributed by atoms with E-state index in [-0.39, 0.29) is 16.5 Å². The second-order valence-corrected chi connectivity index (χ2v) is 3.26. The Morgan fingerprint density at radius 1 is 1.40 bits per heavy atom. The van der Waals surface area contributed by atoms with Crippen LogP contribution in [0.3, 0.4) is 0 Å². The number of phenols is 1. The Kier molecular flexibility index (Phi) is 2.32. The number of nitriles is 1. The number of halogens is 1. The van der Waals surface area contributed by atoms with E-state index in [0.717, 1.165) is 0 Å². The summed E-state index contributed by atoms with van der Waals surface area (Å²) in [5.41, 5.74) is 1.19. The Morgan fingerprint density at radius 2 is 2.20 bits per heavy atom. The van der Waals surface area contributed by atoms with Crippen molar-refractivity contribution in [1.29, 1.82) is 5.26 Å². The minimum Gasteiger partial charge on any atom is -0.506 e. The minimum absolute atomic E-state index is 0.00409. The molecule has 2 rings (SSSR count). The van der Waals surface area contributed by atoms with Gasteiger partial charge in [-0.2, -0.15) is 5.26 Å². The molecule has 2 aromatic rings. The Labute approximate surface area is 90.3 Å². The molecule has 1 heterocycles. The zero-order valence-electron chi connectivity index (χ0n) is 7.44. The number of benzene rings is 1. The summed E-state index contributed by atoms with van der Waals surface area (Å²) in [5.74, 6) is 0.138. The topological polar surface area (TPSA) is 70.0 Å². The molecule has 0 aliphatic carbocycles. The van der Waals surface area contributed by atoms with Crippen molar-refractivity contribution in [3.05, 3.63) is 35.0 Å². The highest BCUT2D eigenvalue weighted by molar-refractivity contribution is 6.32. The summed E-state index contributed by atoms with van der Waals surface area (Å²) in [4.78, 5) is 0. The van der Waals surface area contributed by atoms with Gasteiger partial charge in [0.25, 0.3) is 0 Å². The largest absolute Gasteiger partial charge is 0.506 e. The van der Waals surface area contributed by atoms with E-state index in [1.54, 1.807) is 12.1 Å². The van der Waals surface area contributed by atoms with Gasteiger partial charge in [0.2, 0.25) is 5.76 Å². The van der Waals surface area contributed by atoms with E-state index in [1.165, 1.54) is 12.1 Å². The van der Waals surface area contributed by atoms with Crippen LogP contribution in [0.25, 0.3) is 11.3 Å². The molecule has 1 N–H and O–H groups in total. The highest BCUT2D eigenvalue weighted by atomic mass is 35.5. The third kappa shape index (κ3) is 1.78. The van der Waals surface area contributed by atoms with E-state index in [1.807, 2.05) is 6.07 Å². The standard InChI is InChI=1S/C10H5ClN2O2/c11-8-3-6(1-2-10(8)14)9-4-7(5-12)15-13-9/h1-4,14H. The Hall–Kier alpha value is -1.99. The predicted octanol–water partition coefficient (Wildman–Crippen LogP) is 2.57. The first kappa shape index (κ1) is 9.56. The normalized spacial score (nSPS) is 9.87. The third-order valence-electron chi connectivity index (χ3n) is 1.86. The van der Waals surface area contributed by atoms with Gasteiger partial charge < -0.3 is 9.63 Å². The van der Waals surface area contributed by atoms with Crippen LogP contribution < -0.4 is 0 Å². The van der Waals surface area contributed by atoms with Crippen LogP contribution in [-0.2, 0) is 0 Å². The van der Waals surface area contributed by atoms with E-state index in [4.69, 9.17) is 21.4 Å². The average molecular weight is 221 g/mol. The van der Waals surface area contributed by atoms with Crippen molar-refractivity contribution in [2.75, 3.05) is 0 Å². The van der Waals surface area contributed by atoms with Crippen molar-refractivity contribution in [2.24, 2.45) is 0 Å². The van der Waals surface area contributed by atoms with Gasteiger partial charge in [-0.25, -0.2) is 0 Å². The highest BCUT2D eigenvalue weighted by Gasteiger charge is 2.07. The van der Waals surface area contributed by atoms with Gasteiger partial charge in [-0.3, -0.25) is 0 Å². The summed E-state index contributed by atoms with van der Waals surface area (Å²) in [5, 5.41) is 21.7. The van der Waals surface area contributed by atoms with Gasteiger partial charge in [0.1, 0.15) is 17.5 Å². The molecule has 0 spiro atoms. The fraction of sp³-hybridized carbons (Fsp3) is 0. The summed E-state index contributed by atoms with van der Waals surface area (Å²) in [7, 11) is 0. The van der Waals surface area contributed by atoms with Crippen molar-refractivity contribution in [3.63, 3.8) is 0 Å². The molecule has 4 nitrogen and oxygen atoms in total. The van der Waals surface area contributed by atoms with E-state index in [0.29, 0.717) is 11.3 Å². The molecule has 0 saturated heterocycles. The minimum atomic E-state index is 0.00409. The maximum atomic E-state index is 9.21. The number of nitrogens with zero attached hydrogens (tertiary/aromatic N) is 2. The SMILES string of the molecule is N#Cc1cc(-c2ccc(O)c(Cl)c2)no1. The second kappa shape index (κ2) is 3.64. The number of rotatable bonds is 1. The van der Waals surface area contributed by atoms with Gasteiger partial charge in [-0.15, -0.1) is 0 Å².